The molecule has 1 aliphatic rings. The van der Waals surface area contributed by atoms with Gasteiger partial charge in [0.25, 0.3) is 11.7 Å². The molecular formula is C26H32N2O5. The molecule has 176 valence electrons. The van der Waals surface area contributed by atoms with E-state index in [4.69, 9.17) is 9.47 Å². The second-order valence-electron chi connectivity index (χ2n) is 7.99. The standard InChI is InChI=1S/C26H32N2O5/c1-6-27(7-2)14-15-28-23(20-13-12-19(32-4)16-21(20)33-5)22(25(30)26(28)31)24(29)18-10-8-17(3)9-11-18/h8-13,16,23,29H,6-7,14-15H2,1-5H3/b24-22+/t23-/m1/s1. The van der Waals surface area contributed by atoms with E-state index in [-0.39, 0.29) is 11.3 Å². The van der Waals surface area contributed by atoms with E-state index < -0.39 is 17.7 Å². The topological polar surface area (TPSA) is 79.3 Å². The summed E-state index contributed by atoms with van der Waals surface area (Å²) in [4.78, 5) is 30.1. The molecular weight excluding hydrogens is 420 g/mol. The fourth-order valence-corrected chi connectivity index (χ4v) is 4.13. The van der Waals surface area contributed by atoms with Crippen molar-refractivity contribution < 1.29 is 24.2 Å². The number of rotatable bonds is 9. The van der Waals surface area contributed by atoms with E-state index in [1.165, 1.54) is 12.0 Å². The van der Waals surface area contributed by atoms with Gasteiger partial charge in [-0.15, -0.1) is 0 Å². The predicted molar refractivity (Wildman–Crippen MR) is 128 cm³/mol. The van der Waals surface area contributed by atoms with Gasteiger partial charge in [-0.05, 0) is 32.1 Å². The summed E-state index contributed by atoms with van der Waals surface area (Å²) < 4.78 is 10.9. The molecule has 7 nitrogen and oxygen atoms in total. The number of amides is 1. The minimum Gasteiger partial charge on any atom is -0.507 e. The van der Waals surface area contributed by atoms with Gasteiger partial charge in [0.2, 0.25) is 0 Å². The molecule has 1 atom stereocenters. The van der Waals surface area contributed by atoms with Gasteiger partial charge >= 0.3 is 0 Å². The highest BCUT2D eigenvalue weighted by Gasteiger charge is 2.47. The molecule has 0 unspecified atom stereocenters. The molecule has 0 bridgehead atoms. The molecule has 0 radical (unpaired) electrons. The number of nitrogens with zero attached hydrogens (tertiary/aromatic N) is 2. The zero-order valence-corrected chi connectivity index (χ0v) is 19.9. The van der Waals surface area contributed by atoms with Crippen LogP contribution in [-0.4, -0.2) is 67.0 Å². The van der Waals surface area contributed by atoms with Gasteiger partial charge in [0.1, 0.15) is 17.3 Å². The van der Waals surface area contributed by atoms with E-state index in [9.17, 15) is 14.7 Å². The van der Waals surface area contributed by atoms with Crippen LogP contribution in [0, 0.1) is 6.92 Å². The van der Waals surface area contributed by atoms with Crippen LogP contribution >= 0.6 is 0 Å². The third-order valence-corrected chi connectivity index (χ3v) is 6.15. The highest BCUT2D eigenvalue weighted by molar-refractivity contribution is 6.46. The summed E-state index contributed by atoms with van der Waals surface area (Å²) in [6, 6.07) is 11.7. The lowest BCUT2D eigenvalue weighted by Crippen LogP contribution is -2.38. The van der Waals surface area contributed by atoms with Crippen LogP contribution in [0.2, 0.25) is 0 Å². The summed E-state index contributed by atoms with van der Waals surface area (Å²) in [5.74, 6) is -0.450. The predicted octanol–water partition coefficient (Wildman–Crippen LogP) is 3.78. The maximum Gasteiger partial charge on any atom is 0.295 e. The van der Waals surface area contributed by atoms with Gasteiger partial charge in [0.15, 0.2) is 0 Å². The second-order valence-corrected chi connectivity index (χ2v) is 7.99. The lowest BCUT2D eigenvalue weighted by molar-refractivity contribution is -0.140. The van der Waals surface area contributed by atoms with Crippen molar-refractivity contribution in [1.29, 1.82) is 0 Å². The summed E-state index contributed by atoms with van der Waals surface area (Å²) in [5.41, 5.74) is 2.19. The maximum atomic E-state index is 13.2. The highest BCUT2D eigenvalue weighted by atomic mass is 16.5. The van der Waals surface area contributed by atoms with Crippen molar-refractivity contribution in [2.45, 2.75) is 26.8 Å². The number of likely N-dealkylation sites (tertiary alicyclic amines) is 1. The lowest BCUT2D eigenvalue weighted by Gasteiger charge is -2.29. The molecule has 1 fully saturated rings. The highest BCUT2D eigenvalue weighted by Crippen LogP contribution is 2.43. The zero-order chi connectivity index (χ0) is 24.1. The molecule has 0 aliphatic carbocycles. The Labute approximate surface area is 195 Å². The number of ether oxygens (including phenoxy) is 2. The smallest absolute Gasteiger partial charge is 0.295 e. The fraction of sp³-hybridized carbons (Fsp3) is 0.385. The first-order valence-electron chi connectivity index (χ1n) is 11.2. The average Bonchev–Trinajstić information content (AvgIpc) is 3.09. The van der Waals surface area contributed by atoms with Crippen molar-refractivity contribution in [3.05, 3.63) is 64.7 Å². The molecule has 1 N–H and O–H groups in total. The van der Waals surface area contributed by atoms with Crippen LogP contribution in [0.5, 0.6) is 11.5 Å². The van der Waals surface area contributed by atoms with Crippen LogP contribution in [0.1, 0.15) is 36.6 Å². The molecule has 1 heterocycles. The maximum absolute atomic E-state index is 13.2. The Morgan fingerprint density at radius 1 is 1.03 bits per heavy atom. The molecule has 0 aromatic heterocycles. The zero-order valence-electron chi connectivity index (χ0n) is 19.9. The van der Waals surface area contributed by atoms with Crippen LogP contribution < -0.4 is 9.47 Å². The first-order chi connectivity index (χ1) is 15.9. The van der Waals surface area contributed by atoms with E-state index in [1.54, 1.807) is 37.4 Å². The van der Waals surface area contributed by atoms with Gasteiger partial charge in [-0.2, -0.15) is 0 Å². The molecule has 3 rings (SSSR count). The number of hydrogen-bond donors (Lipinski definition) is 1. The van der Waals surface area contributed by atoms with Gasteiger partial charge in [-0.25, -0.2) is 0 Å². The van der Waals surface area contributed by atoms with Crippen LogP contribution in [0.4, 0.5) is 0 Å². The number of hydrogen-bond acceptors (Lipinski definition) is 6. The van der Waals surface area contributed by atoms with Gasteiger partial charge < -0.3 is 24.4 Å². The Hall–Kier alpha value is -3.32. The number of carbonyl (C=O) groups is 2. The van der Waals surface area contributed by atoms with Crippen LogP contribution in [0.25, 0.3) is 5.76 Å². The summed E-state index contributed by atoms with van der Waals surface area (Å²) >= 11 is 0. The third-order valence-electron chi connectivity index (χ3n) is 6.15. The van der Waals surface area contributed by atoms with E-state index >= 15 is 0 Å². The lowest BCUT2D eigenvalue weighted by atomic mass is 9.94. The second kappa shape index (κ2) is 10.5. The van der Waals surface area contributed by atoms with Crippen molar-refractivity contribution in [1.82, 2.24) is 9.80 Å². The van der Waals surface area contributed by atoms with Crippen LogP contribution in [-0.2, 0) is 9.59 Å². The number of aliphatic hydroxyl groups is 1. The van der Waals surface area contributed by atoms with Gasteiger partial charge in [0, 0.05) is 30.3 Å². The Balaban J connectivity index is 2.17. The molecule has 1 saturated heterocycles. The number of likely N-dealkylation sites (N-methyl/N-ethyl adjacent to an activating group) is 1. The molecule has 7 heteroatoms. The van der Waals surface area contributed by atoms with Gasteiger partial charge in [0.05, 0.1) is 25.8 Å². The van der Waals surface area contributed by atoms with Gasteiger partial charge in [-0.3, -0.25) is 9.59 Å². The molecule has 1 amide bonds. The van der Waals surface area contributed by atoms with Crippen molar-refractivity contribution in [3.8, 4) is 11.5 Å². The normalized spacial score (nSPS) is 17.6. The molecule has 2 aromatic rings. The number of Topliss-reactive ketones (excluding diaryl/α,β-unsaturated/α-hetero) is 1. The van der Waals surface area contributed by atoms with Crippen molar-refractivity contribution >= 4 is 17.4 Å². The summed E-state index contributed by atoms with van der Waals surface area (Å²) in [6.07, 6.45) is 0. The summed E-state index contributed by atoms with van der Waals surface area (Å²) in [7, 11) is 3.09. The average molecular weight is 453 g/mol. The fourth-order valence-electron chi connectivity index (χ4n) is 4.13. The van der Waals surface area contributed by atoms with Crippen molar-refractivity contribution in [2.75, 3.05) is 40.4 Å². The van der Waals surface area contributed by atoms with E-state index in [0.717, 1.165) is 18.7 Å². The van der Waals surface area contributed by atoms with E-state index in [0.29, 0.717) is 35.7 Å². The molecule has 0 saturated carbocycles. The number of carbonyl (C=O) groups excluding carboxylic acids is 2. The molecule has 33 heavy (non-hydrogen) atoms. The van der Waals surface area contributed by atoms with Crippen molar-refractivity contribution in [2.24, 2.45) is 0 Å². The number of aryl methyl sites for hydroxylation is 1. The number of benzene rings is 2. The first-order valence-corrected chi connectivity index (χ1v) is 11.2. The van der Waals surface area contributed by atoms with Crippen LogP contribution in [0.3, 0.4) is 0 Å². The Morgan fingerprint density at radius 3 is 2.27 bits per heavy atom. The SMILES string of the molecule is CCN(CC)CCN1C(=O)C(=O)/C(=C(/O)c2ccc(C)cc2)[C@H]1c1ccc(OC)cc1OC. The first kappa shape index (κ1) is 24.3. The minimum absolute atomic E-state index is 0.0619. The van der Waals surface area contributed by atoms with Gasteiger partial charge in [-0.1, -0.05) is 43.7 Å². The Kier molecular flexibility index (Phi) is 7.76. The number of methoxy groups -OCH3 is 2. The van der Waals surface area contributed by atoms with E-state index in [1.807, 2.05) is 19.1 Å². The molecule has 2 aromatic carbocycles. The number of ketones is 1. The Bertz CT molecular complexity index is 1040. The number of aliphatic hydroxyl groups excluding tert-OH is 1. The molecule has 1 aliphatic heterocycles. The quantitative estimate of drug-likeness (QED) is 0.354. The molecule has 0 spiro atoms. The summed E-state index contributed by atoms with van der Waals surface area (Å²) in [5, 5.41) is 11.2. The van der Waals surface area contributed by atoms with E-state index in [2.05, 4.69) is 18.7 Å². The summed E-state index contributed by atoms with van der Waals surface area (Å²) in [6.45, 7) is 8.67. The monoisotopic (exact) mass is 452 g/mol. The van der Waals surface area contributed by atoms with Crippen molar-refractivity contribution in [3.63, 3.8) is 0 Å². The third kappa shape index (κ3) is 4.88. The largest absolute Gasteiger partial charge is 0.507 e. The minimum atomic E-state index is -0.775. The Morgan fingerprint density at radius 2 is 1.70 bits per heavy atom. The van der Waals surface area contributed by atoms with Crippen LogP contribution in [0.15, 0.2) is 48.0 Å².